The highest BCUT2D eigenvalue weighted by Crippen LogP contribution is 2.21. The van der Waals surface area contributed by atoms with E-state index >= 15 is 0 Å². The van der Waals surface area contributed by atoms with Gasteiger partial charge in [-0.2, -0.15) is 5.10 Å². The Balaban J connectivity index is 1.48. The van der Waals surface area contributed by atoms with E-state index in [4.69, 9.17) is 17.3 Å². The average molecular weight is 395 g/mol. The van der Waals surface area contributed by atoms with E-state index in [1.807, 2.05) is 16.8 Å². The van der Waals surface area contributed by atoms with Crippen LogP contribution >= 0.6 is 12.2 Å². The summed E-state index contributed by atoms with van der Waals surface area (Å²) in [6.07, 6.45) is 3.59. The number of benzene rings is 1. The molecule has 146 valence electrons. The molecule has 1 aliphatic rings. The standard InChI is InChI=1S/C21H26N6S/c1-3-26-20(18-8-10-22-11-9-18)23-27(21(26)28)16-24-12-14-25(15-13-24)19-7-5-4-6-17(19)2/h4-11H,3,12-16H2,1-2H3. The molecule has 0 atom stereocenters. The number of anilines is 1. The van der Waals surface area contributed by atoms with Crippen molar-refractivity contribution in [3.05, 3.63) is 59.1 Å². The van der Waals surface area contributed by atoms with Gasteiger partial charge in [0.15, 0.2) is 10.6 Å². The number of nitrogens with zero attached hydrogens (tertiary/aromatic N) is 6. The molecule has 0 saturated carbocycles. The molecule has 2 aromatic heterocycles. The van der Waals surface area contributed by atoms with Crippen LogP contribution in [0.1, 0.15) is 12.5 Å². The molecule has 1 aliphatic heterocycles. The Morgan fingerprint density at radius 1 is 1.00 bits per heavy atom. The van der Waals surface area contributed by atoms with E-state index in [1.165, 1.54) is 11.3 Å². The van der Waals surface area contributed by atoms with Gasteiger partial charge in [-0.05, 0) is 49.8 Å². The van der Waals surface area contributed by atoms with E-state index in [9.17, 15) is 0 Å². The maximum absolute atomic E-state index is 5.71. The lowest BCUT2D eigenvalue weighted by molar-refractivity contribution is 0.194. The van der Waals surface area contributed by atoms with Crippen LogP contribution < -0.4 is 4.90 Å². The van der Waals surface area contributed by atoms with Crippen molar-refractivity contribution >= 4 is 17.9 Å². The van der Waals surface area contributed by atoms with Gasteiger partial charge in [0, 0.05) is 56.4 Å². The molecule has 28 heavy (non-hydrogen) atoms. The zero-order valence-electron chi connectivity index (χ0n) is 16.5. The highest BCUT2D eigenvalue weighted by molar-refractivity contribution is 7.71. The number of hydrogen-bond donors (Lipinski definition) is 0. The smallest absolute Gasteiger partial charge is 0.199 e. The first-order valence-electron chi connectivity index (χ1n) is 9.78. The Kier molecular flexibility index (Phi) is 5.54. The maximum Gasteiger partial charge on any atom is 0.199 e. The monoisotopic (exact) mass is 394 g/mol. The number of rotatable bonds is 5. The van der Waals surface area contributed by atoms with Gasteiger partial charge in [-0.15, -0.1) is 0 Å². The highest BCUT2D eigenvalue weighted by atomic mass is 32.1. The van der Waals surface area contributed by atoms with Gasteiger partial charge < -0.3 is 9.47 Å². The Bertz CT molecular complexity index is 986. The molecular formula is C21H26N6S. The lowest BCUT2D eigenvalue weighted by Crippen LogP contribution is -2.47. The Hall–Kier alpha value is -2.51. The minimum atomic E-state index is 0.728. The summed E-state index contributed by atoms with van der Waals surface area (Å²) in [4.78, 5) is 9.00. The van der Waals surface area contributed by atoms with Crippen LogP contribution in [0.5, 0.6) is 0 Å². The first-order valence-corrected chi connectivity index (χ1v) is 10.2. The van der Waals surface area contributed by atoms with Crippen molar-refractivity contribution < 1.29 is 0 Å². The number of aromatic nitrogens is 4. The fourth-order valence-corrected chi connectivity index (χ4v) is 4.08. The normalized spacial score (nSPS) is 15.1. The van der Waals surface area contributed by atoms with Gasteiger partial charge in [-0.3, -0.25) is 9.88 Å². The third-order valence-electron chi connectivity index (χ3n) is 5.34. The van der Waals surface area contributed by atoms with Crippen LogP contribution in [-0.4, -0.2) is 50.4 Å². The van der Waals surface area contributed by atoms with Crippen LogP contribution in [-0.2, 0) is 13.2 Å². The van der Waals surface area contributed by atoms with Crippen LogP contribution in [0.15, 0.2) is 48.8 Å². The van der Waals surface area contributed by atoms with Gasteiger partial charge in [0.1, 0.15) is 0 Å². The molecule has 0 amide bonds. The minimum absolute atomic E-state index is 0.728. The molecule has 1 saturated heterocycles. The second-order valence-electron chi connectivity index (χ2n) is 7.12. The Morgan fingerprint density at radius 2 is 1.71 bits per heavy atom. The van der Waals surface area contributed by atoms with Crippen molar-refractivity contribution in [3.8, 4) is 11.4 Å². The van der Waals surface area contributed by atoms with Crippen molar-refractivity contribution in [3.63, 3.8) is 0 Å². The largest absolute Gasteiger partial charge is 0.369 e. The van der Waals surface area contributed by atoms with Gasteiger partial charge in [-0.1, -0.05) is 18.2 Å². The lowest BCUT2D eigenvalue weighted by atomic mass is 10.1. The zero-order valence-corrected chi connectivity index (χ0v) is 17.3. The first kappa shape index (κ1) is 18.8. The summed E-state index contributed by atoms with van der Waals surface area (Å²) in [6, 6.07) is 12.6. The SMILES string of the molecule is CCn1c(-c2ccncc2)nn(CN2CCN(c3ccccc3C)CC2)c1=S. The molecule has 3 heterocycles. The third-order valence-corrected chi connectivity index (χ3v) is 5.77. The Morgan fingerprint density at radius 3 is 2.39 bits per heavy atom. The summed E-state index contributed by atoms with van der Waals surface area (Å²) < 4.78 is 4.82. The van der Waals surface area contributed by atoms with Gasteiger partial charge >= 0.3 is 0 Å². The quantitative estimate of drug-likeness (QED) is 0.619. The van der Waals surface area contributed by atoms with E-state index in [-0.39, 0.29) is 0 Å². The summed E-state index contributed by atoms with van der Waals surface area (Å²) in [5, 5.41) is 4.83. The van der Waals surface area contributed by atoms with E-state index in [0.29, 0.717) is 0 Å². The molecule has 1 aromatic carbocycles. The van der Waals surface area contributed by atoms with Gasteiger partial charge in [0.25, 0.3) is 0 Å². The van der Waals surface area contributed by atoms with E-state index in [0.717, 1.165) is 55.6 Å². The second kappa shape index (κ2) is 8.24. The first-order chi connectivity index (χ1) is 13.7. The van der Waals surface area contributed by atoms with E-state index < -0.39 is 0 Å². The third kappa shape index (κ3) is 3.72. The maximum atomic E-state index is 5.71. The molecule has 0 bridgehead atoms. The molecule has 0 aliphatic carbocycles. The topological polar surface area (TPSA) is 42.1 Å². The number of aryl methyl sites for hydroxylation is 1. The molecule has 6 nitrogen and oxygen atoms in total. The summed E-state index contributed by atoms with van der Waals surface area (Å²) >= 11 is 5.71. The van der Waals surface area contributed by atoms with Crippen LogP contribution in [0.2, 0.25) is 0 Å². The fraction of sp³-hybridized carbons (Fsp3) is 0.381. The Labute approximate surface area is 171 Å². The molecular weight excluding hydrogens is 368 g/mol. The van der Waals surface area contributed by atoms with Crippen molar-refractivity contribution in [2.45, 2.75) is 27.1 Å². The summed E-state index contributed by atoms with van der Waals surface area (Å²) in [5.41, 5.74) is 3.72. The van der Waals surface area contributed by atoms with E-state index in [1.54, 1.807) is 12.4 Å². The van der Waals surface area contributed by atoms with Crippen molar-refractivity contribution in [1.82, 2.24) is 24.2 Å². The fourth-order valence-electron chi connectivity index (χ4n) is 3.77. The van der Waals surface area contributed by atoms with Gasteiger partial charge in [-0.25, -0.2) is 4.68 Å². The van der Waals surface area contributed by atoms with Crippen molar-refractivity contribution in [1.29, 1.82) is 0 Å². The number of hydrogen-bond acceptors (Lipinski definition) is 5. The summed E-state index contributed by atoms with van der Waals surface area (Å²) in [6.45, 7) is 9.85. The lowest BCUT2D eigenvalue weighted by Gasteiger charge is -2.36. The van der Waals surface area contributed by atoms with Crippen LogP contribution in [0.4, 0.5) is 5.69 Å². The van der Waals surface area contributed by atoms with Crippen LogP contribution in [0.3, 0.4) is 0 Å². The minimum Gasteiger partial charge on any atom is -0.369 e. The number of pyridine rings is 1. The predicted molar refractivity (Wildman–Crippen MR) is 115 cm³/mol. The summed E-state index contributed by atoms with van der Waals surface area (Å²) in [5.74, 6) is 0.911. The van der Waals surface area contributed by atoms with Crippen LogP contribution in [0, 0.1) is 11.7 Å². The van der Waals surface area contributed by atoms with Crippen molar-refractivity contribution in [2.24, 2.45) is 0 Å². The van der Waals surface area contributed by atoms with Gasteiger partial charge in [0.2, 0.25) is 0 Å². The average Bonchev–Trinajstić information content (AvgIpc) is 3.05. The molecule has 4 rings (SSSR count). The highest BCUT2D eigenvalue weighted by Gasteiger charge is 2.20. The van der Waals surface area contributed by atoms with Crippen molar-refractivity contribution in [2.75, 3.05) is 31.1 Å². The molecule has 7 heteroatoms. The molecule has 3 aromatic rings. The zero-order chi connectivity index (χ0) is 19.5. The number of para-hydroxylation sites is 1. The van der Waals surface area contributed by atoms with Gasteiger partial charge in [0.05, 0.1) is 6.67 Å². The molecule has 0 radical (unpaired) electrons. The molecule has 0 spiro atoms. The summed E-state index contributed by atoms with van der Waals surface area (Å²) in [7, 11) is 0. The molecule has 1 fully saturated rings. The van der Waals surface area contributed by atoms with E-state index in [2.05, 4.69) is 57.5 Å². The van der Waals surface area contributed by atoms with Crippen LogP contribution in [0.25, 0.3) is 11.4 Å². The predicted octanol–water partition coefficient (Wildman–Crippen LogP) is 3.58. The molecule has 0 N–H and O–H groups in total. The number of piperazine rings is 1. The molecule has 0 unspecified atom stereocenters. The second-order valence-corrected chi connectivity index (χ2v) is 7.48.